The zero-order valence-corrected chi connectivity index (χ0v) is 12.9. The standard InChI is InChI=1S/C14H18N4O2S/c1-10(2)18-9-13(8-16-18)21(19,20)17-12-6-11-4-3-5-14(11)15-7-12/h6-10,17H,3-5H2,1-2H3. The number of rotatable bonds is 4. The lowest BCUT2D eigenvalue weighted by molar-refractivity contribution is 0.531. The molecule has 6 nitrogen and oxygen atoms in total. The number of nitrogens with zero attached hydrogens (tertiary/aromatic N) is 3. The van der Waals surface area contributed by atoms with Gasteiger partial charge in [-0.15, -0.1) is 0 Å². The molecular formula is C14H18N4O2S. The van der Waals surface area contributed by atoms with Crippen LogP contribution in [-0.4, -0.2) is 23.2 Å². The van der Waals surface area contributed by atoms with Crippen LogP contribution in [0.5, 0.6) is 0 Å². The molecule has 1 aliphatic rings. The average Bonchev–Trinajstić information content (AvgIpc) is 3.07. The number of sulfonamides is 1. The summed E-state index contributed by atoms with van der Waals surface area (Å²) < 4.78 is 28.9. The Labute approximate surface area is 124 Å². The molecule has 112 valence electrons. The zero-order chi connectivity index (χ0) is 15.0. The fraction of sp³-hybridized carbons (Fsp3) is 0.429. The van der Waals surface area contributed by atoms with E-state index < -0.39 is 10.0 Å². The third kappa shape index (κ3) is 2.78. The van der Waals surface area contributed by atoms with Gasteiger partial charge in [-0.05, 0) is 44.7 Å². The highest BCUT2D eigenvalue weighted by atomic mass is 32.2. The fourth-order valence-electron chi connectivity index (χ4n) is 2.44. The number of aryl methyl sites for hydroxylation is 2. The van der Waals surface area contributed by atoms with E-state index in [9.17, 15) is 8.42 Å². The molecule has 0 atom stereocenters. The first kappa shape index (κ1) is 14.1. The van der Waals surface area contributed by atoms with E-state index in [4.69, 9.17) is 0 Å². The second kappa shape index (κ2) is 5.14. The van der Waals surface area contributed by atoms with Crippen LogP contribution in [0.15, 0.2) is 29.6 Å². The van der Waals surface area contributed by atoms with Crippen LogP contribution in [0, 0.1) is 0 Å². The molecule has 0 spiro atoms. The van der Waals surface area contributed by atoms with Gasteiger partial charge in [0.25, 0.3) is 10.0 Å². The minimum absolute atomic E-state index is 0.121. The van der Waals surface area contributed by atoms with Crippen molar-refractivity contribution in [3.63, 3.8) is 0 Å². The predicted octanol–water partition coefficient (Wildman–Crippen LogP) is 2.15. The lowest BCUT2D eigenvalue weighted by Crippen LogP contribution is -2.13. The van der Waals surface area contributed by atoms with Crippen molar-refractivity contribution in [2.24, 2.45) is 0 Å². The van der Waals surface area contributed by atoms with Gasteiger partial charge in [-0.1, -0.05) is 0 Å². The van der Waals surface area contributed by atoms with Crippen LogP contribution in [0.3, 0.4) is 0 Å². The van der Waals surface area contributed by atoms with Gasteiger partial charge in [0.15, 0.2) is 0 Å². The van der Waals surface area contributed by atoms with Gasteiger partial charge in [-0.3, -0.25) is 14.4 Å². The van der Waals surface area contributed by atoms with E-state index in [1.165, 1.54) is 12.4 Å². The average molecular weight is 306 g/mol. The molecule has 0 saturated carbocycles. The van der Waals surface area contributed by atoms with Gasteiger partial charge in [0.2, 0.25) is 0 Å². The van der Waals surface area contributed by atoms with E-state index in [1.54, 1.807) is 10.9 Å². The van der Waals surface area contributed by atoms with Crippen LogP contribution < -0.4 is 4.72 Å². The van der Waals surface area contributed by atoms with Crippen molar-refractivity contribution in [2.75, 3.05) is 4.72 Å². The third-order valence-electron chi connectivity index (χ3n) is 3.59. The Balaban J connectivity index is 1.85. The molecule has 0 radical (unpaired) electrons. The minimum atomic E-state index is -3.62. The van der Waals surface area contributed by atoms with E-state index in [1.807, 2.05) is 19.9 Å². The molecule has 0 amide bonds. The number of pyridine rings is 1. The van der Waals surface area contributed by atoms with Gasteiger partial charge in [0.05, 0.1) is 18.1 Å². The number of hydrogen-bond acceptors (Lipinski definition) is 4. The second-order valence-corrected chi connectivity index (χ2v) is 7.22. The van der Waals surface area contributed by atoms with Gasteiger partial charge in [0.1, 0.15) is 4.90 Å². The van der Waals surface area contributed by atoms with Crippen LogP contribution in [0.2, 0.25) is 0 Å². The monoisotopic (exact) mass is 306 g/mol. The number of fused-ring (bicyclic) bond motifs is 1. The van der Waals surface area contributed by atoms with Gasteiger partial charge in [-0.2, -0.15) is 5.10 Å². The third-order valence-corrected chi connectivity index (χ3v) is 4.92. The summed E-state index contributed by atoms with van der Waals surface area (Å²) in [5.41, 5.74) is 2.71. The Bertz CT molecular complexity index is 765. The van der Waals surface area contributed by atoms with Crippen molar-refractivity contribution in [3.05, 3.63) is 35.9 Å². The van der Waals surface area contributed by atoms with Crippen molar-refractivity contribution in [3.8, 4) is 0 Å². The molecule has 2 heterocycles. The topological polar surface area (TPSA) is 76.9 Å². The smallest absolute Gasteiger partial charge is 0.265 e. The Morgan fingerprint density at radius 1 is 1.29 bits per heavy atom. The van der Waals surface area contributed by atoms with Crippen molar-refractivity contribution in [1.82, 2.24) is 14.8 Å². The first-order valence-corrected chi connectivity index (χ1v) is 8.49. The maximum absolute atomic E-state index is 12.3. The Morgan fingerprint density at radius 2 is 2.10 bits per heavy atom. The normalized spacial score (nSPS) is 14.4. The van der Waals surface area contributed by atoms with Gasteiger partial charge < -0.3 is 0 Å². The summed E-state index contributed by atoms with van der Waals surface area (Å²) in [5, 5.41) is 4.06. The largest absolute Gasteiger partial charge is 0.278 e. The van der Waals surface area contributed by atoms with E-state index in [0.717, 1.165) is 30.5 Å². The van der Waals surface area contributed by atoms with Crippen LogP contribution in [0.25, 0.3) is 0 Å². The molecule has 21 heavy (non-hydrogen) atoms. The molecule has 7 heteroatoms. The number of anilines is 1. The molecule has 1 N–H and O–H groups in total. The Morgan fingerprint density at radius 3 is 2.81 bits per heavy atom. The SMILES string of the molecule is CC(C)n1cc(S(=O)(=O)Nc2cnc3c(c2)CCC3)cn1. The minimum Gasteiger partial charge on any atom is -0.278 e. The summed E-state index contributed by atoms with van der Waals surface area (Å²) in [6, 6.07) is 2.00. The van der Waals surface area contributed by atoms with Crippen LogP contribution in [0.1, 0.15) is 37.6 Å². The quantitative estimate of drug-likeness (QED) is 0.939. The number of hydrogen-bond donors (Lipinski definition) is 1. The summed E-state index contributed by atoms with van der Waals surface area (Å²) in [6.45, 7) is 3.89. The predicted molar refractivity (Wildman–Crippen MR) is 79.7 cm³/mol. The zero-order valence-electron chi connectivity index (χ0n) is 12.1. The van der Waals surface area contributed by atoms with Gasteiger partial charge >= 0.3 is 0 Å². The number of aromatic nitrogens is 3. The molecule has 3 rings (SSSR count). The van der Waals surface area contributed by atoms with Crippen molar-refractivity contribution in [2.45, 2.75) is 44.0 Å². The fourth-order valence-corrected chi connectivity index (χ4v) is 3.41. The van der Waals surface area contributed by atoms with E-state index in [0.29, 0.717) is 5.69 Å². The summed E-state index contributed by atoms with van der Waals surface area (Å²) in [6.07, 6.45) is 7.50. The lowest BCUT2D eigenvalue weighted by Gasteiger charge is -2.08. The van der Waals surface area contributed by atoms with E-state index >= 15 is 0 Å². The highest BCUT2D eigenvalue weighted by Gasteiger charge is 2.19. The van der Waals surface area contributed by atoms with Crippen LogP contribution in [-0.2, 0) is 22.9 Å². The molecule has 0 saturated heterocycles. The van der Waals surface area contributed by atoms with Crippen molar-refractivity contribution >= 4 is 15.7 Å². The number of nitrogens with one attached hydrogen (secondary N) is 1. The molecule has 0 aliphatic heterocycles. The summed E-state index contributed by atoms with van der Waals surface area (Å²) in [4.78, 5) is 4.49. The maximum atomic E-state index is 12.3. The molecule has 0 aromatic carbocycles. The van der Waals surface area contributed by atoms with Crippen LogP contribution in [0.4, 0.5) is 5.69 Å². The summed E-state index contributed by atoms with van der Waals surface area (Å²) >= 11 is 0. The summed E-state index contributed by atoms with van der Waals surface area (Å²) in [5.74, 6) is 0. The Hall–Kier alpha value is -1.89. The molecular weight excluding hydrogens is 288 g/mol. The second-order valence-electron chi connectivity index (χ2n) is 5.54. The summed E-state index contributed by atoms with van der Waals surface area (Å²) in [7, 11) is -3.62. The van der Waals surface area contributed by atoms with E-state index in [-0.39, 0.29) is 10.9 Å². The highest BCUT2D eigenvalue weighted by Crippen LogP contribution is 2.24. The first-order chi connectivity index (χ1) is 9.95. The van der Waals surface area contributed by atoms with Crippen molar-refractivity contribution in [1.29, 1.82) is 0 Å². The van der Waals surface area contributed by atoms with Gasteiger partial charge in [0, 0.05) is 17.9 Å². The molecule has 0 unspecified atom stereocenters. The molecule has 0 bridgehead atoms. The van der Waals surface area contributed by atoms with Crippen molar-refractivity contribution < 1.29 is 8.42 Å². The first-order valence-electron chi connectivity index (χ1n) is 7.00. The molecule has 2 aromatic heterocycles. The highest BCUT2D eigenvalue weighted by molar-refractivity contribution is 7.92. The molecule has 1 aliphatic carbocycles. The van der Waals surface area contributed by atoms with Gasteiger partial charge in [-0.25, -0.2) is 8.42 Å². The van der Waals surface area contributed by atoms with Crippen LogP contribution >= 0.6 is 0 Å². The van der Waals surface area contributed by atoms with E-state index in [2.05, 4.69) is 14.8 Å². The molecule has 0 fully saturated rings. The maximum Gasteiger partial charge on any atom is 0.265 e. The Kier molecular flexibility index (Phi) is 3.44. The molecule has 2 aromatic rings. The lowest BCUT2D eigenvalue weighted by atomic mass is 10.2.